The molecule has 1 rings (SSSR count). The van der Waals surface area contributed by atoms with Crippen molar-refractivity contribution in [1.82, 2.24) is 5.32 Å². The van der Waals surface area contributed by atoms with Gasteiger partial charge in [-0.2, -0.15) is 0 Å². The molecule has 0 aliphatic heterocycles. The second kappa shape index (κ2) is 6.75. The van der Waals surface area contributed by atoms with E-state index >= 15 is 0 Å². The van der Waals surface area contributed by atoms with Crippen LogP contribution in [0.2, 0.25) is 0 Å². The van der Waals surface area contributed by atoms with Crippen molar-refractivity contribution < 1.29 is 14.6 Å². The molecule has 0 saturated heterocycles. The quantitative estimate of drug-likeness (QED) is 0.889. The van der Waals surface area contributed by atoms with Crippen LogP contribution in [-0.2, 0) is 4.74 Å². The van der Waals surface area contributed by atoms with Crippen LogP contribution in [0.4, 0.5) is 4.79 Å². The maximum absolute atomic E-state index is 11.9. The molecular formula is C16H25NO3. The van der Waals surface area contributed by atoms with Crippen LogP contribution in [0, 0.1) is 5.92 Å². The molecule has 0 heterocycles. The number of ether oxygens (including phenoxy) is 1. The number of benzene rings is 1. The molecule has 1 aromatic carbocycles. The predicted molar refractivity (Wildman–Crippen MR) is 79.4 cm³/mol. The zero-order valence-corrected chi connectivity index (χ0v) is 12.9. The van der Waals surface area contributed by atoms with Crippen LogP contribution in [0.15, 0.2) is 30.3 Å². The highest BCUT2D eigenvalue weighted by Gasteiger charge is 2.27. The molecule has 20 heavy (non-hydrogen) atoms. The Labute approximate surface area is 121 Å². The topological polar surface area (TPSA) is 58.6 Å². The molecule has 112 valence electrons. The fourth-order valence-corrected chi connectivity index (χ4v) is 1.91. The fourth-order valence-electron chi connectivity index (χ4n) is 1.91. The zero-order valence-electron chi connectivity index (χ0n) is 12.9. The molecule has 0 spiro atoms. The van der Waals surface area contributed by atoms with Crippen molar-refractivity contribution in [3.8, 4) is 0 Å². The summed E-state index contributed by atoms with van der Waals surface area (Å²) >= 11 is 0. The first-order valence-corrected chi connectivity index (χ1v) is 6.93. The number of hydrogen-bond acceptors (Lipinski definition) is 3. The Kier molecular flexibility index (Phi) is 5.57. The standard InChI is InChI=1S/C16H25NO3/c1-11(2)13(17-15(19)20-16(3,4)5)14(18)12-9-7-6-8-10-12/h6-11,13-14,18H,1-5H3,(H,17,19)/t13-,14+/m1/s1. The molecule has 0 aliphatic rings. The second-order valence-corrected chi connectivity index (χ2v) is 6.27. The minimum absolute atomic E-state index is 0.0812. The first kappa shape index (κ1) is 16.5. The molecule has 4 heteroatoms. The summed E-state index contributed by atoms with van der Waals surface area (Å²) in [6, 6.07) is 8.91. The summed E-state index contributed by atoms with van der Waals surface area (Å²) in [6.45, 7) is 9.34. The van der Waals surface area contributed by atoms with Crippen molar-refractivity contribution in [3.63, 3.8) is 0 Å². The number of amides is 1. The van der Waals surface area contributed by atoms with E-state index in [2.05, 4.69) is 5.32 Å². The Bertz CT molecular complexity index is 423. The van der Waals surface area contributed by atoms with Gasteiger partial charge in [0.2, 0.25) is 0 Å². The molecule has 4 nitrogen and oxygen atoms in total. The van der Waals surface area contributed by atoms with Crippen LogP contribution >= 0.6 is 0 Å². The molecule has 0 bridgehead atoms. The van der Waals surface area contributed by atoms with Gasteiger partial charge in [0.1, 0.15) is 5.60 Å². The third kappa shape index (κ3) is 5.21. The lowest BCUT2D eigenvalue weighted by molar-refractivity contribution is 0.0374. The number of rotatable bonds is 4. The second-order valence-electron chi connectivity index (χ2n) is 6.27. The van der Waals surface area contributed by atoms with Gasteiger partial charge in [-0.05, 0) is 32.3 Å². The lowest BCUT2D eigenvalue weighted by Gasteiger charge is -2.29. The summed E-state index contributed by atoms with van der Waals surface area (Å²) in [6.07, 6.45) is -1.27. The van der Waals surface area contributed by atoms with E-state index in [0.29, 0.717) is 0 Å². The van der Waals surface area contributed by atoms with E-state index in [1.165, 1.54) is 0 Å². The van der Waals surface area contributed by atoms with Crippen molar-refractivity contribution in [1.29, 1.82) is 0 Å². The van der Waals surface area contributed by atoms with Gasteiger partial charge in [-0.15, -0.1) is 0 Å². The molecule has 2 atom stereocenters. The van der Waals surface area contributed by atoms with Gasteiger partial charge < -0.3 is 15.2 Å². The Morgan fingerprint density at radius 2 is 1.75 bits per heavy atom. The van der Waals surface area contributed by atoms with Crippen molar-refractivity contribution >= 4 is 6.09 Å². The largest absolute Gasteiger partial charge is 0.444 e. The average Bonchev–Trinajstić information content (AvgIpc) is 2.34. The van der Waals surface area contributed by atoms with Gasteiger partial charge in [-0.3, -0.25) is 0 Å². The first-order chi connectivity index (χ1) is 9.20. The smallest absolute Gasteiger partial charge is 0.407 e. The van der Waals surface area contributed by atoms with Crippen molar-refractivity contribution in [3.05, 3.63) is 35.9 Å². The van der Waals surface area contributed by atoms with Gasteiger partial charge in [0.25, 0.3) is 0 Å². The van der Waals surface area contributed by atoms with E-state index in [0.717, 1.165) is 5.56 Å². The van der Waals surface area contributed by atoms with Gasteiger partial charge >= 0.3 is 6.09 Å². The van der Waals surface area contributed by atoms with E-state index < -0.39 is 23.8 Å². The summed E-state index contributed by atoms with van der Waals surface area (Å²) in [5.41, 5.74) is 0.228. The van der Waals surface area contributed by atoms with Crippen LogP contribution in [0.5, 0.6) is 0 Å². The molecule has 0 aliphatic carbocycles. The van der Waals surface area contributed by atoms with E-state index in [4.69, 9.17) is 4.74 Å². The fraction of sp³-hybridized carbons (Fsp3) is 0.562. The number of alkyl carbamates (subject to hydrolysis) is 1. The number of aliphatic hydroxyl groups excluding tert-OH is 1. The molecular weight excluding hydrogens is 254 g/mol. The minimum Gasteiger partial charge on any atom is -0.444 e. The van der Waals surface area contributed by atoms with Gasteiger partial charge in [-0.25, -0.2) is 4.79 Å². The number of nitrogens with one attached hydrogen (secondary N) is 1. The van der Waals surface area contributed by atoms with E-state index in [1.54, 1.807) is 0 Å². The summed E-state index contributed by atoms with van der Waals surface area (Å²) in [5, 5.41) is 13.2. The maximum atomic E-state index is 11.9. The Balaban J connectivity index is 2.77. The minimum atomic E-state index is -0.760. The van der Waals surface area contributed by atoms with Crippen LogP contribution in [0.25, 0.3) is 0 Å². The van der Waals surface area contributed by atoms with Gasteiger partial charge in [0.05, 0.1) is 12.1 Å². The lowest BCUT2D eigenvalue weighted by Crippen LogP contribution is -2.45. The Hall–Kier alpha value is -1.55. The van der Waals surface area contributed by atoms with Crippen LogP contribution in [0.1, 0.15) is 46.3 Å². The molecule has 0 radical (unpaired) electrons. The summed E-state index contributed by atoms with van der Waals surface area (Å²) < 4.78 is 5.24. The third-order valence-corrected chi connectivity index (χ3v) is 2.88. The number of aliphatic hydroxyl groups is 1. The van der Waals surface area contributed by atoms with E-state index in [-0.39, 0.29) is 5.92 Å². The molecule has 0 fully saturated rings. The number of carbonyl (C=O) groups is 1. The highest BCUT2D eigenvalue weighted by molar-refractivity contribution is 5.68. The highest BCUT2D eigenvalue weighted by Crippen LogP contribution is 2.22. The van der Waals surface area contributed by atoms with Crippen molar-refractivity contribution in [2.24, 2.45) is 5.92 Å². The Morgan fingerprint density at radius 1 is 1.20 bits per heavy atom. The average molecular weight is 279 g/mol. The molecule has 0 saturated carbocycles. The van der Waals surface area contributed by atoms with Crippen LogP contribution in [-0.4, -0.2) is 22.8 Å². The number of hydrogen-bond donors (Lipinski definition) is 2. The summed E-state index contributed by atoms with van der Waals surface area (Å²) in [5.74, 6) is 0.0812. The SMILES string of the molecule is CC(C)[C@@H](NC(=O)OC(C)(C)C)[C@@H](O)c1ccccc1. The van der Waals surface area contributed by atoms with Crippen LogP contribution in [0.3, 0.4) is 0 Å². The van der Waals surface area contributed by atoms with E-state index in [9.17, 15) is 9.90 Å². The lowest BCUT2D eigenvalue weighted by atomic mass is 9.93. The zero-order chi connectivity index (χ0) is 15.3. The van der Waals surface area contributed by atoms with Crippen molar-refractivity contribution in [2.75, 3.05) is 0 Å². The van der Waals surface area contributed by atoms with Gasteiger partial charge in [0.15, 0.2) is 0 Å². The van der Waals surface area contributed by atoms with Gasteiger partial charge in [0, 0.05) is 0 Å². The normalized spacial score (nSPS) is 14.8. The monoisotopic (exact) mass is 279 g/mol. The third-order valence-electron chi connectivity index (χ3n) is 2.88. The number of carbonyl (C=O) groups excluding carboxylic acids is 1. The van der Waals surface area contributed by atoms with Crippen LogP contribution < -0.4 is 5.32 Å². The van der Waals surface area contributed by atoms with Crippen molar-refractivity contribution in [2.45, 2.75) is 52.4 Å². The molecule has 2 N–H and O–H groups in total. The molecule has 1 amide bonds. The molecule has 0 aromatic heterocycles. The van der Waals surface area contributed by atoms with E-state index in [1.807, 2.05) is 65.0 Å². The summed E-state index contributed by atoms with van der Waals surface area (Å²) in [7, 11) is 0. The highest BCUT2D eigenvalue weighted by atomic mass is 16.6. The predicted octanol–water partition coefficient (Wildman–Crippen LogP) is 3.27. The first-order valence-electron chi connectivity index (χ1n) is 6.93. The maximum Gasteiger partial charge on any atom is 0.407 e. The molecule has 0 unspecified atom stereocenters. The Morgan fingerprint density at radius 3 is 2.20 bits per heavy atom. The molecule has 1 aromatic rings. The summed E-state index contributed by atoms with van der Waals surface area (Å²) in [4.78, 5) is 11.9. The van der Waals surface area contributed by atoms with Gasteiger partial charge in [-0.1, -0.05) is 44.2 Å².